The number of rotatable bonds is 6. The second-order valence-corrected chi connectivity index (χ2v) is 4.20. The summed E-state index contributed by atoms with van der Waals surface area (Å²) in [5.74, 6) is 0. The molecule has 1 aliphatic heterocycles. The number of hydrogen-bond acceptors (Lipinski definition) is 4. The predicted octanol–water partition coefficient (Wildman–Crippen LogP) is 0.0676. The third-order valence-electron chi connectivity index (χ3n) is 2.99. The van der Waals surface area contributed by atoms with Crippen molar-refractivity contribution in [2.75, 3.05) is 39.9 Å². The van der Waals surface area contributed by atoms with Crippen LogP contribution in [0.15, 0.2) is 0 Å². The van der Waals surface area contributed by atoms with Gasteiger partial charge in [-0.1, -0.05) is 6.92 Å². The summed E-state index contributed by atoms with van der Waals surface area (Å²) in [4.78, 5) is 2.38. The Morgan fingerprint density at radius 2 is 2.40 bits per heavy atom. The van der Waals surface area contributed by atoms with Gasteiger partial charge in [0.2, 0.25) is 0 Å². The van der Waals surface area contributed by atoms with Gasteiger partial charge in [0.05, 0.1) is 12.7 Å². The molecule has 2 atom stereocenters. The van der Waals surface area contributed by atoms with Crippen molar-refractivity contribution in [2.45, 2.75) is 31.9 Å². The van der Waals surface area contributed by atoms with Crippen molar-refractivity contribution >= 4 is 0 Å². The number of likely N-dealkylation sites (N-methyl/N-ethyl adjacent to an activating group) is 1. The molecule has 0 aromatic heterocycles. The fraction of sp³-hybridized carbons (Fsp3) is 1.00. The molecule has 2 unspecified atom stereocenters. The molecule has 0 aromatic carbocycles. The highest BCUT2D eigenvalue weighted by molar-refractivity contribution is 4.77. The van der Waals surface area contributed by atoms with Gasteiger partial charge in [0.25, 0.3) is 0 Å². The Hall–Kier alpha value is -0.160. The first-order valence-electron chi connectivity index (χ1n) is 5.89. The van der Waals surface area contributed by atoms with Gasteiger partial charge in [-0.2, -0.15) is 0 Å². The number of hydrogen-bond donors (Lipinski definition) is 2. The molecule has 0 spiro atoms. The summed E-state index contributed by atoms with van der Waals surface area (Å²) >= 11 is 0. The number of nitrogens with one attached hydrogen (secondary N) is 1. The maximum Gasteiger partial charge on any atom is 0.0698 e. The zero-order valence-electron chi connectivity index (χ0n) is 9.91. The van der Waals surface area contributed by atoms with E-state index >= 15 is 0 Å². The minimum absolute atomic E-state index is 0.200. The fourth-order valence-corrected chi connectivity index (χ4v) is 2.16. The molecule has 1 aliphatic rings. The highest BCUT2D eigenvalue weighted by Gasteiger charge is 2.21. The number of piperidine rings is 1. The standard InChI is InChI=1S/C11H24N2O2/c1-3-12-10(9-14)7-13-6-4-5-11(8-13)15-2/h10-12,14H,3-9H2,1-2H3. The van der Waals surface area contributed by atoms with Crippen LogP contribution >= 0.6 is 0 Å². The molecule has 4 heteroatoms. The lowest BCUT2D eigenvalue weighted by atomic mass is 10.1. The molecule has 0 amide bonds. The minimum atomic E-state index is 0.200. The van der Waals surface area contributed by atoms with Gasteiger partial charge in [0.15, 0.2) is 0 Å². The van der Waals surface area contributed by atoms with Gasteiger partial charge >= 0.3 is 0 Å². The first kappa shape index (κ1) is 12.9. The van der Waals surface area contributed by atoms with E-state index in [0.717, 1.165) is 32.6 Å². The van der Waals surface area contributed by atoms with Crippen molar-refractivity contribution in [3.63, 3.8) is 0 Å². The van der Waals surface area contributed by atoms with Crippen LogP contribution in [0.2, 0.25) is 0 Å². The third kappa shape index (κ3) is 4.47. The molecule has 4 nitrogen and oxygen atoms in total. The van der Waals surface area contributed by atoms with Gasteiger partial charge in [-0.25, -0.2) is 0 Å². The van der Waals surface area contributed by atoms with Crippen LogP contribution in [0.1, 0.15) is 19.8 Å². The Kier molecular flexibility index (Phi) is 6.17. The van der Waals surface area contributed by atoms with E-state index in [1.165, 1.54) is 6.42 Å². The SMILES string of the molecule is CCNC(CO)CN1CCCC(OC)C1. The molecule has 0 radical (unpaired) electrons. The number of methoxy groups -OCH3 is 1. The zero-order valence-corrected chi connectivity index (χ0v) is 9.91. The summed E-state index contributed by atoms with van der Waals surface area (Å²) in [6.45, 7) is 6.23. The average Bonchev–Trinajstić information content (AvgIpc) is 2.29. The molecule has 1 fully saturated rings. The Balaban J connectivity index is 2.29. The Labute approximate surface area is 92.6 Å². The van der Waals surface area contributed by atoms with E-state index < -0.39 is 0 Å². The Morgan fingerprint density at radius 3 is 3.00 bits per heavy atom. The van der Waals surface area contributed by atoms with Crippen molar-refractivity contribution in [3.05, 3.63) is 0 Å². The second kappa shape index (κ2) is 7.17. The highest BCUT2D eigenvalue weighted by atomic mass is 16.5. The van der Waals surface area contributed by atoms with Gasteiger partial charge in [-0.15, -0.1) is 0 Å². The monoisotopic (exact) mass is 216 g/mol. The van der Waals surface area contributed by atoms with Crippen molar-refractivity contribution in [2.24, 2.45) is 0 Å². The Bertz CT molecular complexity index is 167. The lowest BCUT2D eigenvalue weighted by Gasteiger charge is -2.34. The Morgan fingerprint density at radius 1 is 1.60 bits per heavy atom. The number of nitrogens with zero attached hydrogens (tertiary/aromatic N) is 1. The normalized spacial score (nSPS) is 25.4. The summed E-state index contributed by atoms with van der Waals surface area (Å²) in [5, 5.41) is 12.5. The van der Waals surface area contributed by atoms with E-state index in [1.807, 2.05) is 0 Å². The van der Waals surface area contributed by atoms with Crippen molar-refractivity contribution < 1.29 is 9.84 Å². The van der Waals surface area contributed by atoms with Gasteiger partial charge in [0.1, 0.15) is 0 Å². The van der Waals surface area contributed by atoms with E-state index in [0.29, 0.717) is 6.10 Å². The number of ether oxygens (including phenoxy) is 1. The summed E-state index contributed by atoms with van der Waals surface area (Å²) in [6, 6.07) is 0.200. The van der Waals surface area contributed by atoms with E-state index in [9.17, 15) is 5.11 Å². The van der Waals surface area contributed by atoms with Crippen LogP contribution in [0.3, 0.4) is 0 Å². The molecule has 2 N–H and O–H groups in total. The molecule has 1 heterocycles. The fourth-order valence-electron chi connectivity index (χ4n) is 2.16. The average molecular weight is 216 g/mol. The topological polar surface area (TPSA) is 44.7 Å². The number of aliphatic hydroxyl groups is 1. The van der Waals surface area contributed by atoms with E-state index in [1.54, 1.807) is 7.11 Å². The third-order valence-corrected chi connectivity index (χ3v) is 2.99. The largest absolute Gasteiger partial charge is 0.395 e. The molecule has 0 bridgehead atoms. The summed E-state index contributed by atoms with van der Waals surface area (Å²) in [7, 11) is 1.78. The van der Waals surface area contributed by atoms with E-state index in [2.05, 4.69) is 17.1 Å². The first-order chi connectivity index (χ1) is 7.30. The van der Waals surface area contributed by atoms with Gasteiger partial charge in [0, 0.05) is 26.2 Å². The van der Waals surface area contributed by atoms with Gasteiger partial charge in [-0.05, 0) is 25.9 Å². The zero-order chi connectivity index (χ0) is 11.1. The molecular weight excluding hydrogens is 192 g/mol. The van der Waals surface area contributed by atoms with Crippen molar-refractivity contribution in [3.8, 4) is 0 Å². The highest BCUT2D eigenvalue weighted by Crippen LogP contribution is 2.12. The van der Waals surface area contributed by atoms with Crippen LogP contribution in [-0.4, -0.2) is 62.0 Å². The lowest BCUT2D eigenvalue weighted by Crippen LogP contribution is -2.48. The van der Waals surface area contributed by atoms with Gasteiger partial charge in [-0.3, -0.25) is 4.90 Å². The molecule has 15 heavy (non-hydrogen) atoms. The van der Waals surface area contributed by atoms with Crippen LogP contribution in [0.4, 0.5) is 0 Å². The number of likely N-dealkylation sites (tertiary alicyclic amines) is 1. The van der Waals surface area contributed by atoms with Crippen LogP contribution in [0.5, 0.6) is 0 Å². The van der Waals surface area contributed by atoms with Crippen LogP contribution in [-0.2, 0) is 4.74 Å². The van der Waals surface area contributed by atoms with Gasteiger partial charge < -0.3 is 15.2 Å². The number of aliphatic hydroxyl groups excluding tert-OH is 1. The maximum atomic E-state index is 9.19. The smallest absolute Gasteiger partial charge is 0.0698 e. The van der Waals surface area contributed by atoms with Crippen molar-refractivity contribution in [1.82, 2.24) is 10.2 Å². The molecule has 90 valence electrons. The second-order valence-electron chi connectivity index (χ2n) is 4.20. The molecule has 0 saturated carbocycles. The molecule has 1 rings (SSSR count). The molecule has 0 aromatic rings. The quantitative estimate of drug-likeness (QED) is 0.659. The van der Waals surface area contributed by atoms with Crippen molar-refractivity contribution in [1.29, 1.82) is 0 Å². The summed E-state index contributed by atoms with van der Waals surface area (Å²) in [5.41, 5.74) is 0. The minimum Gasteiger partial charge on any atom is -0.395 e. The molecule has 0 aliphatic carbocycles. The molecule has 1 saturated heterocycles. The lowest BCUT2D eigenvalue weighted by molar-refractivity contribution is 0.0254. The summed E-state index contributed by atoms with van der Waals surface area (Å²) in [6.07, 6.45) is 2.74. The molecular formula is C11H24N2O2. The van der Waals surface area contributed by atoms with Crippen LogP contribution in [0.25, 0.3) is 0 Å². The van der Waals surface area contributed by atoms with E-state index in [-0.39, 0.29) is 12.6 Å². The first-order valence-corrected chi connectivity index (χ1v) is 5.89. The maximum absolute atomic E-state index is 9.19. The van der Waals surface area contributed by atoms with Crippen LogP contribution < -0.4 is 5.32 Å². The van der Waals surface area contributed by atoms with E-state index in [4.69, 9.17) is 4.74 Å². The summed E-state index contributed by atoms with van der Waals surface area (Å²) < 4.78 is 5.37. The van der Waals surface area contributed by atoms with Crippen LogP contribution in [0, 0.1) is 0 Å². The predicted molar refractivity (Wildman–Crippen MR) is 61.0 cm³/mol.